The molecule has 106 valence electrons. The van der Waals surface area contributed by atoms with Crippen LogP contribution in [0, 0.1) is 0 Å². The smallest absolute Gasteiger partial charge is 0.251 e. The Morgan fingerprint density at radius 2 is 1.42 bits per heavy atom. The zero-order valence-corrected chi connectivity index (χ0v) is 13.7. The monoisotopic (exact) mass is 276 g/mol. The van der Waals surface area contributed by atoms with E-state index in [1.54, 1.807) is 0 Å². The fraction of sp³-hybridized carbons (Fsp3) is 0.529. The Hall–Kier alpha value is -1.02. The average Bonchev–Trinajstić information content (AvgIpc) is 2.40. The van der Waals surface area contributed by atoms with E-state index in [0.717, 1.165) is 11.3 Å². The molecule has 0 radical (unpaired) electrons. The van der Waals surface area contributed by atoms with Gasteiger partial charge in [0.2, 0.25) is 0 Å². The minimum Gasteiger partial charge on any atom is -0.543 e. The molecule has 0 aromatic heterocycles. The first-order chi connectivity index (χ1) is 9.19. The van der Waals surface area contributed by atoms with Gasteiger partial charge in [0.15, 0.2) is 0 Å². The van der Waals surface area contributed by atoms with Crippen LogP contribution in [0.25, 0.3) is 6.08 Å². The molecule has 0 heterocycles. The molecule has 0 saturated heterocycles. The largest absolute Gasteiger partial charge is 0.543 e. The van der Waals surface area contributed by atoms with Gasteiger partial charge in [0.25, 0.3) is 8.32 Å². The van der Waals surface area contributed by atoms with E-state index in [1.165, 1.54) is 37.4 Å². The molecule has 2 heteroatoms. The molecule has 0 spiro atoms. The molecule has 0 saturated carbocycles. The van der Waals surface area contributed by atoms with Crippen molar-refractivity contribution in [3.8, 4) is 5.75 Å². The third-order valence-corrected chi connectivity index (χ3v) is 8.47. The Morgan fingerprint density at radius 3 is 1.79 bits per heavy atom. The first-order valence-corrected chi connectivity index (χ1v) is 10.1. The standard InChI is InChI=1S/C17H28OSi/c1-5-13-19(14-6-2,15-7-3)18-17-11-9-16(8-4)10-12-17/h8-12H,4-7,13-15H2,1-3H3. The lowest BCUT2D eigenvalue weighted by Crippen LogP contribution is -2.41. The summed E-state index contributed by atoms with van der Waals surface area (Å²) in [6.07, 6.45) is 5.57. The van der Waals surface area contributed by atoms with Crippen molar-refractivity contribution in [2.24, 2.45) is 0 Å². The summed E-state index contributed by atoms with van der Waals surface area (Å²) in [5, 5.41) is 0. The first-order valence-electron chi connectivity index (χ1n) is 7.61. The van der Waals surface area contributed by atoms with Gasteiger partial charge in [0, 0.05) is 0 Å². The van der Waals surface area contributed by atoms with Gasteiger partial charge in [-0.1, -0.05) is 64.8 Å². The highest BCUT2D eigenvalue weighted by atomic mass is 28.4. The number of benzene rings is 1. The van der Waals surface area contributed by atoms with Gasteiger partial charge >= 0.3 is 0 Å². The van der Waals surface area contributed by atoms with Crippen LogP contribution in [0.15, 0.2) is 30.8 Å². The predicted molar refractivity (Wildman–Crippen MR) is 88.2 cm³/mol. The fourth-order valence-corrected chi connectivity index (χ4v) is 7.24. The van der Waals surface area contributed by atoms with E-state index in [9.17, 15) is 0 Å². The second-order valence-corrected chi connectivity index (χ2v) is 9.38. The van der Waals surface area contributed by atoms with Gasteiger partial charge in [0.05, 0.1) is 0 Å². The van der Waals surface area contributed by atoms with Crippen molar-refractivity contribution in [1.29, 1.82) is 0 Å². The average molecular weight is 276 g/mol. The fourth-order valence-electron chi connectivity index (χ4n) is 2.82. The summed E-state index contributed by atoms with van der Waals surface area (Å²) in [6, 6.07) is 12.2. The highest BCUT2D eigenvalue weighted by molar-refractivity contribution is 6.74. The van der Waals surface area contributed by atoms with E-state index in [2.05, 4.69) is 51.6 Å². The van der Waals surface area contributed by atoms with Gasteiger partial charge in [-0.3, -0.25) is 0 Å². The van der Waals surface area contributed by atoms with Gasteiger partial charge in [0.1, 0.15) is 5.75 Å². The van der Waals surface area contributed by atoms with Crippen LogP contribution < -0.4 is 4.43 Å². The number of hydrogen-bond donors (Lipinski definition) is 0. The number of hydrogen-bond acceptors (Lipinski definition) is 1. The van der Waals surface area contributed by atoms with Crippen LogP contribution in [0.1, 0.15) is 45.6 Å². The summed E-state index contributed by atoms with van der Waals surface area (Å²) in [4.78, 5) is 0. The predicted octanol–water partition coefficient (Wildman–Crippen LogP) is 5.88. The maximum atomic E-state index is 6.53. The molecule has 0 N–H and O–H groups in total. The second-order valence-electron chi connectivity index (χ2n) is 5.31. The summed E-state index contributed by atoms with van der Waals surface area (Å²) in [5.41, 5.74) is 1.15. The van der Waals surface area contributed by atoms with Crippen LogP contribution in [-0.4, -0.2) is 8.32 Å². The van der Waals surface area contributed by atoms with Crippen molar-refractivity contribution in [3.63, 3.8) is 0 Å². The molecule has 0 amide bonds. The zero-order chi connectivity index (χ0) is 14.1. The first kappa shape index (κ1) is 16.0. The van der Waals surface area contributed by atoms with Crippen LogP contribution in [-0.2, 0) is 0 Å². The molecule has 0 bridgehead atoms. The Labute approximate surface area is 119 Å². The van der Waals surface area contributed by atoms with Gasteiger partial charge in [-0.25, -0.2) is 0 Å². The molecule has 0 aliphatic carbocycles. The Balaban J connectivity index is 2.86. The maximum Gasteiger partial charge on any atom is 0.251 e. The molecule has 1 aromatic rings. The van der Waals surface area contributed by atoms with Crippen LogP contribution in [0.4, 0.5) is 0 Å². The van der Waals surface area contributed by atoms with Crippen LogP contribution in [0.3, 0.4) is 0 Å². The molecular formula is C17H28OSi. The Kier molecular flexibility index (Phi) is 6.93. The van der Waals surface area contributed by atoms with Gasteiger partial charge in [-0.2, -0.15) is 0 Å². The molecular weight excluding hydrogens is 248 g/mol. The molecule has 19 heavy (non-hydrogen) atoms. The molecule has 1 rings (SSSR count). The molecule has 0 atom stereocenters. The minimum absolute atomic E-state index is 1.05. The summed E-state index contributed by atoms with van der Waals surface area (Å²) in [6.45, 7) is 10.6. The third kappa shape index (κ3) is 4.87. The molecule has 1 aromatic carbocycles. The normalized spacial score (nSPS) is 11.3. The van der Waals surface area contributed by atoms with E-state index >= 15 is 0 Å². The minimum atomic E-state index is -1.59. The SMILES string of the molecule is C=Cc1ccc(O[Si](CCC)(CCC)CCC)cc1. The topological polar surface area (TPSA) is 9.23 Å². The number of rotatable bonds is 9. The van der Waals surface area contributed by atoms with E-state index in [4.69, 9.17) is 4.43 Å². The summed E-state index contributed by atoms with van der Waals surface area (Å²) in [5.74, 6) is 1.05. The molecule has 0 aliphatic heterocycles. The zero-order valence-electron chi connectivity index (χ0n) is 12.7. The molecule has 0 unspecified atom stereocenters. The summed E-state index contributed by atoms with van der Waals surface area (Å²) >= 11 is 0. The lowest BCUT2D eigenvalue weighted by atomic mass is 10.2. The van der Waals surface area contributed by atoms with Crippen LogP contribution in [0.2, 0.25) is 18.1 Å². The highest BCUT2D eigenvalue weighted by Crippen LogP contribution is 2.29. The summed E-state index contributed by atoms with van der Waals surface area (Å²) < 4.78 is 6.53. The molecule has 0 fully saturated rings. The quantitative estimate of drug-likeness (QED) is 0.511. The lowest BCUT2D eigenvalue weighted by molar-refractivity contribution is 0.519. The van der Waals surface area contributed by atoms with Gasteiger partial charge < -0.3 is 4.43 Å². The van der Waals surface area contributed by atoms with E-state index < -0.39 is 8.32 Å². The van der Waals surface area contributed by atoms with Crippen molar-refractivity contribution in [1.82, 2.24) is 0 Å². The van der Waals surface area contributed by atoms with Gasteiger partial charge in [-0.15, -0.1) is 0 Å². The van der Waals surface area contributed by atoms with Crippen molar-refractivity contribution >= 4 is 14.4 Å². The second kappa shape index (κ2) is 8.21. The van der Waals surface area contributed by atoms with E-state index in [-0.39, 0.29) is 0 Å². The van der Waals surface area contributed by atoms with Crippen molar-refractivity contribution in [2.75, 3.05) is 0 Å². The van der Waals surface area contributed by atoms with Crippen LogP contribution >= 0.6 is 0 Å². The van der Waals surface area contributed by atoms with Crippen molar-refractivity contribution in [2.45, 2.75) is 58.2 Å². The highest BCUT2D eigenvalue weighted by Gasteiger charge is 2.34. The summed E-state index contributed by atoms with van der Waals surface area (Å²) in [7, 11) is -1.59. The Bertz CT molecular complexity index is 352. The lowest BCUT2D eigenvalue weighted by Gasteiger charge is -2.31. The Morgan fingerprint density at radius 1 is 0.947 bits per heavy atom. The van der Waals surface area contributed by atoms with Gasteiger partial charge in [-0.05, 0) is 35.8 Å². The molecule has 1 nitrogen and oxygen atoms in total. The van der Waals surface area contributed by atoms with Crippen molar-refractivity contribution < 1.29 is 4.43 Å². The van der Waals surface area contributed by atoms with Crippen LogP contribution in [0.5, 0.6) is 5.75 Å². The van der Waals surface area contributed by atoms with Crippen molar-refractivity contribution in [3.05, 3.63) is 36.4 Å². The molecule has 0 aliphatic rings. The maximum absolute atomic E-state index is 6.53. The third-order valence-electron chi connectivity index (χ3n) is 3.57. The van der Waals surface area contributed by atoms with E-state index in [1.807, 2.05) is 6.08 Å². The van der Waals surface area contributed by atoms with E-state index in [0.29, 0.717) is 0 Å².